The zero-order valence-electron chi connectivity index (χ0n) is 18.4. The molecule has 2 N–H and O–H groups in total. The van der Waals surface area contributed by atoms with Gasteiger partial charge in [-0.3, -0.25) is 4.79 Å². The normalized spacial score (nSPS) is 11.1. The molecule has 0 radical (unpaired) electrons. The second-order valence-electron chi connectivity index (χ2n) is 7.66. The van der Waals surface area contributed by atoms with Gasteiger partial charge in [0.25, 0.3) is 5.91 Å². The van der Waals surface area contributed by atoms with Gasteiger partial charge in [-0.25, -0.2) is 14.6 Å². The maximum atomic E-state index is 12.6. The van der Waals surface area contributed by atoms with Gasteiger partial charge in [0.05, 0.1) is 18.1 Å². The standard InChI is InChI=1S/C24H26N6OS/c1-16(2)27-21-20-15-26-30(22(20)29-24(28-21)32-3)14-13-25-23(31)19-11-9-18(10-12-19)17-7-5-4-6-8-17/h4-12,15-16H,13-14H2,1-3H3,(H,25,31)(H,27,28,29). The van der Waals surface area contributed by atoms with Crippen molar-refractivity contribution in [1.29, 1.82) is 0 Å². The van der Waals surface area contributed by atoms with Crippen LogP contribution in [0.1, 0.15) is 24.2 Å². The van der Waals surface area contributed by atoms with E-state index < -0.39 is 0 Å². The van der Waals surface area contributed by atoms with E-state index in [1.54, 1.807) is 10.9 Å². The summed E-state index contributed by atoms with van der Waals surface area (Å²) in [6.07, 6.45) is 3.72. The van der Waals surface area contributed by atoms with E-state index in [0.717, 1.165) is 28.0 Å². The Labute approximate surface area is 191 Å². The van der Waals surface area contributed by atoms with E-state index >= 15 is 0 Å². The molecule has 0 unspecified atom stereocenters. The van der Waals surface area contributed by atoms with Gasteiger partial charge in [-0.2, -0.15) is 5.10 Å². The molecule has 4 aromatic rings. The molecule has 2 aromatic carbocycles. The molecule has 0 bridgehead atoms. The quantitative estimate of drug-likeness (QED) is 0.307. The molecule has 0 saturated carbocycles. The number of nitrogens with zero attached hydrogens (tertiary/aromatic N) is 4. The number of amides is 1. The van der Waals surface area contributed by atoms with E-state index in [2.05, 4.69) is 51.7 Å². The van der Waals surface area contributed by atoms with Gasteiger partial charge < -0.3 is 10.6 Å². The Hall–Kier alpha value is -3.39. The number of fused-ring (bicyclic) bond motifs is 1. The minimum Gasteiger partial charge on any atom is -0.367 e. The Kier molecular flexibility index (Phi) is 6.70. The van der Waals surface area contributed by atoms with Crippen LogP contribution in [-0.4, -0.2) is 44.5 Å². The summed E-state index contributed by atoms with van der Waals surface area (Å²) in [5, 5.41) is 12.4. The summed E-state index contributed by atoms with van der Waals surface area (Å²) < 4.78 is 1.81. The smallest absolute Gasteiger partial charge is 0.251 e. The highest BCUT2D eigenvalue weighted by Crippen LogP contribution is 2.24. The third kappa shape index (κ3) is 4.91. The van der Waals surface area contributed by atoms with Crippen molar-refractivity contribution in [2.45, 2.75) is 31.6 Å². The first kappa shape index (κ1) is 21.8. The molecular formula is C24H26N6OS. The molecular weight excluding hydrogens is 420 g/mol. The number of nitrogens with one attached hydrogen (secondary N) is 2. The van der Waals surface area contributed by atoms with Gasteiger partial charge in [-0.05, 0) is 43.4 Å². The number of carbonyl (C=O) groups excluding carboxylic acids is 1. The highest BCUT2D eigenvalue weighted by molar-refractivity contribution is 7.98. The molecule has 0 aliphatic rings. The van der Waals surface area contributed by atoms with Gasteiger partial charge in [0.2, 0.25) is 0 Å². The molecule has 2 heterocycles. The molecule has 2 aromatic heterocycles. The minimum atomic E-state index is -0.109. The Morgan fingerprint density at radius 3 is 2.44 bits per heavy atom. The second-order valence-corrected chi connectivity index (χ2v) is 8.44. The van der Waals surface area contributed by atoms with Crippen LogP contribution in [0.5, 0.6) is 0 Å². The number of benzene rings is 2. The Morgan fingerprint density at radius 2 is 1.75 bits per heavy atom. The van der Waals surface area contributed by atoms with E-state index in [1.165, 1.54) is 11.8 Å². The van der Waals surface area contributed by atoms with Crippen molar-refractivity contribution in [3.05, 3.63) is 66.4 Å². The average Bonchev–Trinajstić information content (AvgIpc) is 3.22. The fourth-order valence-corrected chi connectivity index (χ4v) is 3.76. The predicted molar refractivity (Wildman–Crippen MR) is 130 cm³/mol. The summed E-state index contributed by atoms with van der Waals surface area (Å²) >= 11 is 1.49. The summed E-state index contributed by atoms with van der Waals surface area (Å²) in [6.45, 7) is 5.10. The summed E-state index contributed by atoms with van der Waals surface area (Å²) in [6, 6.07) is 18.0. The SMILES string of the molecule is CSc1nc(NC(C)C)c2cnn(CCNC(=O)c3ccc(-c4ccccc4)cc3)c2n1. The number of hydrogen-bond acceptors (Lipinski definition) is 6. The Morgan fingerprint density at radius 1 is 1.03 bits per heavy atom. The largest absolute Gasteiger partial charge is 0.367 e. The number of anilines is 1. The number of rotatable bonds is 8. The van der Waals surface area contributed by atoms with Crippen molar-refractivity contribution in [3.8, 4) is 11.1 Å². The van der Waals surface area contributed by atoms with Crippen LogP contribution < -0.4 is 10.6 Å². The van der Waals surface area contributed by atoms with E-state index in [0.29, 0.717) is 23.8 Å². The zero-order chi connectivity index (χ0) is 22.5. The summed E-state index contributed by atoms with van der Waals surface area (Å²) in [7, 11) is 0. The molecule has 1 amide bonds. The molecule has 0 atom stereocenters. The fraction of sp³-hybridized carbons (Fsp3) is 0.250. The Balaban J connectivity index is 1.42. The van der Waals surface area contributed by atoms with Crippen LogP contribution in [0.2, 0.25) is 0 Å². The number of aromatic nitrogens is 4. The second kappa shape index (κ2) is 9.82. The summed E-state index contributed by atoms with van der Waals surface area (Å²) in [5.41, 5.74) is 3.60. The van der Waals surface area contributed by atoms with E-state index in [1.807, 2.05) is 48.7 Å². The number of thioether (sulfide) groups is 1. The lowest BCUT2D eigenvalue weighted by Gasteiger charge is -2.11. The highest BCUT2D eigenvalue weighted by atomic mass is 32.2. The molecule has 0 aliphatic carbocycles. The first-order valence-corrected chi connectivity index (χ1v) is 11.8. The summed E-state index contributed by atoms with van der Waals surface area (Å²) in [5.74, 6) is 0.672. The van der Waals surface area contributed by atoms with E-state index in [9.17, 15) is 4.79 Å². The van der Waals surface area contributed by atoms with Crippen molar-refractivity contribution in [2.75, 3.05) is 18.1 Å². The van der Waals surface area contributed by atoms with Crippen LogP contribution in [0.25, 0.3) is 22.2 Å². The highest BCUT2D eigenvalue weighted by Gasteiger charge is 2.14. The maximum absolute atomic E-state index is 12.6. The van der Waals surface area contributed by atoms with Gasteiger partial charge in [0.1, 0.15) is 5.82 Å². The first-order chi connectivity index (χ1) is 15.5. The van der Waals surface area contributed by atoms with Gasteiger partial charge >= 0.3 is 0 Å². The van der Waals surface area contributed by atoms with Gasteiger partial charge in [0, 0.05) is 18.2 Å². The molecule has 0 fully saturated rings. The van der Waals surface area contributed by atoms with Crippen molar-refractivity contribution < 1.29 is 4.79 Å². The van der Waals surface area contributed by atoms with Crippen LogP contribution in [0, 0.1) is 0 Å². The lowest BCUT2D eigenvalue weighted by Crippen LogP contribution is -2.27. The van der Waals surface area contributed by atoms with Crippen LogP contribution >= 0.6 is 11.8 Å². The Bertz CT molecular complexity index is 1200. The molecule has 32 heavy (non-hydrogen) atoms. The third-order valence-corrected chi connectivity index (χ3v) is 5.49. The molecule has 0 saturated heterocycles. The predicted octanol–water partition coefficient (Wildman–Crippen LogP) is 4.47. The lowest BCUT2D eigenvalue weighted by atomic mass is 10.0. The molecule has 0 spiro atoms. The van der Waals surface area contributed by atoms with Gasteiger partial charge in [-0.15, -0.1) is 0 Å². The molecule has 4 rings (SSSR count). The topological polar surface area (TPSA) is 84.7 Å². The van der Waals surface area contributed by atoms with Crippen molar-refractivity contribution in [3.63, 3.8) is 0 Å². The van der Waals surface area contributed by atoms with Crippen molar-refractivity contribution in [1.82, 2.24) is 25.1 Å². The number of carbonyl (C=O) groups is 1. The number of hydrogen-bond donors (Lipinski definition) is 2. The molecule has 7 nitrogen and oxygen atoms in total. The van der Waals surface area contributed by atoms with Crippen molar-refractivity contribution >= 4 is 34.5 Å². The maximum Gasteiger partial charge on any atom is 0.251 e. The van der Waals surface area contributed by atoms with Crippen LogP contribution in [0.15, 0.2) is 66.0 Å². The minimum absolute atomic E-state index is 0.109. The first-order valence-electron chi connectivity index (χ1n) is 10.5. The van der Waals surface area contributed by atoms with Gasteiger partial charge in [0.15, 0.2) is 10.8 Å². The van der Waals surface area contributed by atoms with Crippen LogP contribution in [-0.2, 0) is 6.54 Å². The molecule has 8 heteroatoms. The fourth-order valence-electron chi connectivity index (χ4n) is 3.40. The molecule has 0 aliphatic heterocycles. The van der Waals surface area contributed by atoms with Crippen LogP contribution in [0.4, 0.5) is 5.82 Å². The van der Waals surface area contributed by atoms with Gasteiger partial charge in [-0.1, -0.05) is 54.2 Å². The summed E-state index contributed by atoms with van der Waals surface area (Å²) in [4.78, 5) is 21.8. The van der Waals surface area contributed by atoms with E-state index in [4.69, 9.17) is 0 Å². The van der Waals surface area contributed by atoms with Crippen LogP contribution in [0.3, 0.4) is 0 Å². The molecule has 164 valence electrons. The lowest BCUT2D eigenvalue weighted by molar-refractivity contribution is 0.0952. The zero-order valence-corrected chi connectivity index (χ0v) is 19.2. The van der Waals surface area contributed by atoms with E-state index in [-0.39, 0.29) is 11.9 Å². The third-order valence-electron chi connectivity index (χ3n) is 4.95. The average molecular weight is 447 g/mol. The monoisotopic (exact) mass is 446 g/mol. The van der Waals surface area contributed by atoms with Crippen molar-refractivity contribution in [2.24, 2.45) is 0 Å².